The van der Waals surface area contributed by atoms with Gasteiger partial charge in [0.25, 0.3) is 0 Å². The van der Waals surface area contributed by atoms with Crippen molar-refractivity contribution in [1.82, 2.24) is 0 Å². The number of hydrogen-bond donors (Lipinski definition) is 1. The minimum atomic E-state index is -1.16. The maximum absolute atomic E-state index is 12.0. The second kappa shape index (κ2) is 9.93. The first-order valence-electron chi connectivity index (χ1n) is 11.6. The lowest BCUT2D eigenvalue weighted by Gasteiger charge is -2.53. The van der Waals surface area contributed by atoms with Crippen molar-refractivity contribution in [3.05, 3.63) is 0 Å². The first kappa shape index (κ1) is 25.4. The molecule has 0 aromatic heterocycles. The molecule has 3 heterocycles. The standard InChI is InChI=1S/C23H38O9/c1-7-8-15-16(25)17-18(31-15)19(29-13(2)24)20-23(27-6,32-17)11-9-14(30-20)10-12-28-21(26)22(3,4)5/h14-20,25H,7-12H2,1-6H3/t14?,15-,16+,17?,18-,19+,20?,23?/m1/s1. The van der Waals surface area contributed by atoms with E-state index in [2.05, 4.69) is 0 Å². The molecular formula is C23H38O9. The fourth-order valence-electron chi connectivity index (χ4n) is 4.73. The summed E-state index contributed by atoms with van der Waals surface area (Å²) >= 11 is 0. The van der Waals surface area contributed by atoms with E-state index < -0.39 is 53.8 Å². The SMILES string of the molecule is CCC[C@H]1O[C@@H]2C(OC3(OC)CCC(CCOC(=O)C(C)(C)C)OC3[C@H]2OC(C)=O)[C@H]1O. The van der Waals surface area contributed by atoms with Gasteiger partial charge in [0.15, 0.2) is 18.0 Å². The van der Waals surface area contributed by atoms with Gasteiger partial charge < -0.3 is 33.5 Å². The van der Waals surface area contributed by atoms with Crippen LogP contribution in [-0.2, 0) is 38.0 Å². The molecule has 0 aromatic carbocycles. The first-order chi connectivity index (χ1) is 15.0. The smallest absolute Gasteiger partial charge is 0.311 e. The molecule has 0 spiro atoms. The Kier molecular flexibility index (Phi) is 7.87. The third-order valence-corrected chi connectivity index (χ3v) is 6.42. The molecule has 9 nitrogen and oxygen atoms in total. The molecule has 1 N–H and O–H groups in total. The monoisotopic (exact) mass is 458 g/mol. The van der Waals surface area contributed by atoms with Gasteiger partial charge in [-0.1, -0.05) is 13.3 Å². The highest BCUT2D eigenvalue weighted by Gasteiger charge is 2.64. The van der Waals surface area contributed by atoms with Crippen molar-refractivity contribution in [2.45, 2.75) is 115 Å². The zero-order chi connectivity index (χ0) is 23.7. The molecule has 0 amide bonds. The number of esters is 2. The van der Waals surface area contributed by atoms with E-state index in [-0.39, 0.29) is 18.7 Å². The summed E-state index contributed by atoms with van der Waals surface area (Å²) in [5.74, 6) is -1.90. The Morgan fingerprint density at radius 3 is 2.47 bits per heavy atom. The Bertz CT molecular complexity index is 675. The molecule has 3 fully saturated rings. The summed E-state index contributed by atoms with van der Waals surface area (Å²) in [6, 6.07) is 0. The fraction of sp³-hybridized carbons (Fsp3) is 0.913. The Morgan fingerprint density at radius 2 is 1.88 bits per heavy atom. The van der Waals surface area contributed by atoms with Crippen molar-refractivity contribution < 1.29 is 43.1 Å². The molecule has 3 aliphatic heterocycles. The molecule has 4 unspecified atom stereocenters. The van der Waals surface area contributed by atoms with Crippen LogP contribution in [-0.4, -0.2) is 79.3 Å². The first-order valence-corrected chi connectivity index (χ1v) is 11.6. The molecule has 0 saturated carbocycles. The van der Waals surface area contributed by atoms with Crippen molar-refractivity contribution in [2.24, 2.45) is 5.41 Å². The average Bonchev–Trinajstić information content (AvgIpc) is 3.02. The quantitative estimate of drug-likeness (QED) is 0.574. The minimum absolute atomic E-state index is 0.229. The van der Waals surface area contributed by atoms with Crippen LogP contribution in [0.15, 0.2) is 0 Å². The van der Waals surface area contributed by atoms with E-state index in [0.29, 0.717) is 25.7 Å². The van der Waals surface area contributed by atoms with E-state index in [1.54, 1.807) is 20.8 Å². The predicted molar refractivity (Wildman–Crippen MR) is 113 cm³/mol. The van der Waals surface area contributed by atoms with Gasteiger partial charge in [0.2, 0.25) is 0 Å². The lowest BCUT2D eigenvalue weighted by molar-refractivity contribution is -0.382. The van der Waals surface area contributed by atoms with Crippen LogP contribution in [0.2, 0.25) is 0 Å². The third kappa shape index (κ3) is 5.12. The van der Waals surface area contributed by atoms with Gasteiger partial charge in [-0.25, -0.2) is 0 Å². The molecule has 32 heavy (non-hydrogen) atoms. The normalized spacial score (nSPS) is 39.2. The molecule has 0 radical (unpaired) electrons. The molecule has 0 aromatic rings. The molecular weight excluding hydrogens is 420 g/mol. The van der Waals surface area contributed by atoms with E-state index in [0.717, 1.165) is 6.42 Å². The number of carbonyl (C=O) groups excluding carboxylic acids is 2. The highest BCUT2D eigenvalue weighted by Crippen LogP contribution is 2.47. The van der Waals surface area contributed by atoms with Crippen molar-refractivity contribution >= 4 is 11.9 Å². The van der Waals surface area contributed by atoms with Gasteiger partial charge in [0, 0.05) is 26.9 Å². The van der Waals surface area contributed by atoms with Crippen LogP contribution in [0.4, 0.5) is 0 Å². The molecule has 3 rings (SSSR count). The summed E-state index contributed by atoms with van der Waals surface area (Å²) in [7, 11) is 1.53. The molecule has 3 aliphatic rings. The number of carbonyl (C=O) groups is 2. The average molecular weight is 459 g/mol. The van der Waals surface area contributed by atoms with E-state index in [9.17, 15) is 14.7 Å². The van der Waals surface area contributed by atoms with E-state index >= 15 is 0 Å². The van der Waals surface area contributed by atoms with Gasteiger partial charge in [-0.05, 0) is 33.6 Å². The van der Waals surface area contributed by atoms with Gasteiger partial charge in [0.05, 0.1) is 24.2 Å². The van der Waals surface area contributed by atoms with Crippen LogP contribution >= 0.6 is 0 Å². The van der Waals surface area contributed by atoms with Crippen molar-refractivity contribution in [3.8, 4) is 0 Å². The van der Waals surface area contributed by atoms with E-state index in [1.165, 1.54) is 14.0 Å². The van der Waals surface area contributed by atoms with Crippen LogP contribution < -0.4 is 0 Å². The van der Waals surface area contributed by atoms with Gasteiger partial charge in [-0.2, -0.15) is 0 Å². The highest BCUT2D eigenvalue weighted by molar-refractivity contribution is 5.75. The zero-order valence-electron chi connectivity index (χ0n) is 20.0. The summed E-state index contributed by atoms with van der Waals surface area (Å²) < 4.78 is 35.6. The van der Waals surface area contributed by atoms with Crippen molar-refractivity contribution in [3.63, 3.8) is 0 Å². The van der Waals surface area contributed by atoms with Crippen LogP contribution in [0.25, 0.3) is 0 Å². The third-order valence-electron chi connectivity index (χ3n) is 6.42. The minimum Gasteiger partial charge on any atom is -0.465 e. The number of aliphatic hydroxyl groups excluding tert-OH is 1. The number of aliphatic hydroxyl groups is 1. The van der Waals surface area contributed by atoms with Gasteiger partial charge in [-0.15, -0.1) is 0 Å². The maximum Gasteiger partial charge on any atom is 0.311 e. The fourth-order valence-corrected chi connectivity index (χ4v) is 4.73. The number of rotatable bonds is 7. The van der Waals surface area contributed by atoms with Crippen LogP contribution in [0.3, 0.4) is 0 Å². The summed E-state index contributed by atoms with van der Waals surface area (Å²) in [5.41, 5.74) is -0.569. The number of fused-ring (bicyclic) bond motifs is 2. The van der Waals surface area contributed by atoms with Gasteiger partial charge in [0.1, 0.15) is 18.3 Å². The highest BCUT2D eigenvalue weighted by atomic mass is 16.7. The number of methoxy groups -OCH3 is 1. The second-order valence-electron chi connectivity index (χ2n) is 9.98. The predicted octanol–water partition coefficient (Wildman–Crippen LogP) is 2.11. The molecule has 3 saturated heterocycles. The largest absolute Gasteiger partial charge is 0.465 e. The summed E-state index contributed by atoms with van der Waals surface area (Å²) in [5, 5.41) is 10.8. The maximum atomic E-state index is 12.0. The van der Waals surface area contributed by atoms with Gasteiger partial charge >= 0.3 is 11.9 Å². The molecule has 0 bridgehead atoms. The van der Waals surface area contributed by atoms with E-state index in [4.69, 9.17) is 28.4 Å². The number of ether oxygens (including phenoxy) is 6. The molecule has 0 aliphatic carbocycles. The molecule has 9 heteroatoms. The summed E-state index contributed by atoms with van der Waals surface area (Å²) in [6.45, 7) is 8.99. The Hall–Kier alpha value is -1.26. The topological polar surface area (TPSA) is 110 Å². The molecule has 8 atom stereocenters. The Morgan fingerprint density at radius 1 is 1.16 bits per heavy atom. The lowest BCUT2D eigenvalue weighted by Crippen LogP contribution is -2.69. The van der Waals surface area contributed by atoms with Crippen LogP contribution in [0.5, 0.6) is 0 Å². The van der Waals surface area contributed by atoms with Crippen LogP contribution in [0, 0.1) is 5.41 Å². The Labute approximate surface area is 190 Å². The lowest BCUT2D eigenvalue weighted by atomic mass is 9.85. The summed E-state index contributed by atoms with van der Waals surface area (Å²) in [4.78, 5) is 24.0. The summed E-state index contributed by atoms with van der Waals surface area (Å²) in [6.07, 6.45) is -1.25. The number of hydrogen-bond acceptors (Lipinski definition) is 9. The van der Waals surface area contributed by atoms with Gasteiger partial charge in [-0.3, -0.25) is 9.59 Å². The zero-order valence-corrected chi connectivity index (χ0v) is 20.0. The Balaban J connectivity index is 1.75. The second-order valence-corrected chi connectivity index (χ2v) is 9.98. The molecule has 184 valence electrons. The van der Waals surface area contributed by atoms with Crippen molar-refractivity contribution in [2.75, 3.05) is 13.7 Å². The van der Waals surface area contributed by atoms with E-state index in [1.807, 2.05) is 6.92 Å². The van der Waals surface area contributed by atoms with Crippen molar-refractivity contribution in [1.29, 1.82) is 0 Å². The van der Waals surface area contributed by atoms with Crippen LogP contribution in [0.1, 0.15) is 66.7 Å².